The molecule has 2 heteroatoms. The molecule has 1 aliphatic heterocycles. The summed E-state index contributed by atoms with van der Waals surface area (Å²) in [5, 5.41) is 5.12. The fourth-order valence-electron chi connectivity index (χ4n) is 3.93. The average Bonchev–Trinajstić information content (AvgIpc) is 2.95. The monoisotopic (exact) mass is 324 g/mol. The van der Waals surface area contributed by atoms with Gasteiger partial charge in [0.1, 0.15) is 0 Å². The van der Waals surface area contributed by atoms with Crippen LogP contribution in [0.15, 0.2) is 84.9 Å². The van der Waals surface area contributed by atoms with E-state index in [1.165, 1.54) is 33.4 Å². The zero-order valence-corrected chi connectivity index (χ0v) is 14.0. The number of anilines is 1. The first-order valence-corrected chi connectivity index (χ1v) is 8.85. The number of hydrogen-bond donors (Lipinski definition) is 1. The van der Waals surface area contributed by atoms with Gasteiger partial charge in [-0.25, -0.2) is 0 Å². The fourth-order valence-corrected chi connectivity index (χ4v) is 3.93. The number of hydrogen-bond acceptors (Lipinski definition) is 1. The normalized spacial score (nSPS) is 15.9. The summed E-state index contributed by atoms with van der Waals surface area (Å²) in [4.78, 5) is 0. The predicted molar refractivity (Wildman–Crippen MR) is 104 cm³/mol. The first-order chi connectivity index (χ1) is 12.4. The van der Waals surface area contributed by atoms with Crippen molar-refractivity contribution in [3.63, 3.8) is 0 Å². The van der Waals surface area contributed by atoms with Gasteiger partial charge in [0.05, 0.1) is 6.04 Å². The van der Waals surface area contributed by atoms with E-state index in [-0.39, 0.29) is 6.04 Å². The summed E-state index contributed by atoms with van der Waals surface area (Å²) in [6.07, 6.45) is 0.978. The maximum absolute atomic E-state index is 3.80. The molecule has 122 valence electrons. The Hall–Kier alpha value is -3.00. The number of nitrogens with zero attached hydrogens (tertiary/aromatic N) is 1. The van der Waals surface area contributed by atoms with Crippen LogP contribution in [0.3, 0.4) is 0 Å². The van der Waals surface area contributed by atoms with Crippen LogP contribution in [-0.2, 0) is 13.0 Å². The molecule has 0 amide bonds. The summed E-state index contributed by atoms with van der Waals surface area (Å²) in [6, 6.07) is 30.7. The lowest BCUT2D eigenvalue weighted by atomic mass is 10.0. The van der Waals surface area contributed by atoms with Crippen LogP contribution in [-0.4, -0.2) is 4.57 Å². The Labute approximate surface area is 147 Å². The van der Waals surface area contributed by atoms with Gasteiger partial charge in [0.2, 0.25) is 0 Å². The molecule has 1 unspecified atom stereocenters. The third-order valence-electron chi connectivity index (χ3n) is 5.16. The Morgan fingerprint density at radius 2 is 1.60 bits per heavy atom. The average molecular weight is 324 g/mol. The minimum absolute atomic E-state index is 0.262. The van der Waals surface area contributed by atoms with Crippen LogP contribution < -0.4 is 5.32 Å². The van der Waals surface area contributed by atoms with Crippen LogP contribution in [0, 0.1) is 0 Å². The molecule has 5 rings (SSSR count). The van der Waals surface area contributed by atoms with E-state index in [1.807, 2.05) is 0 Å². The molecule has 1 aromatic heterocycles. The van der Waals surface area contributed by atoms with Gasteiger partial charge in [0.15, 0.2) is 0 Å². The van der Waals surface area contributed by atoms with E-state index in [0.29, 0.717) is 0 Å². The van der Waals surface area contributed by atoms with Gasteiger partial charge in [-0.3, -0.25) is 0 Å². The van der Waals surface area contributed by atoms with Crippen molar-refractivity contribution in [2.45, 2.75) is 19.0 Å². The quantitative estimate of drug-likeness (QED) is 0.522. The second kappa shape index (κ2) is 5.82. The molecule has 0 saturated carbocycles. The number of rotatable bonds is 2. The summed E-state index contributed by atoms with van der Waals surface area (Å²) in [5.41, 5.74) is 6.63. The smallest absolute Gasteiger partial charge is 0.0706 e. The maximum Gasteiger partial charge on any atom is 0.0706 e. The highest BCUT2D eigenvalue weighted by Crippen LogP contribution is 2.34. The molecule has 0 aliphatic carbocycles. The number of aromatic nitrogens is 1. The van der Waals surface area contributed by atoms with Crippen molar-refractivity contribution in [3.05, 3.63) is 102 Å². The minimum Gasteiger partial charge on any atom is -0.376 e. The molecule has 0 radical (unpaired) electrons. The Bertz CT molecular complexity index is 1030. The standard InChI is InChI=1S/C23H20N2/c1-2-8-17(9-3-1)14-21-23-15-18-10-5-7-13-22(18)25(23)16-19-11-4-6-12-20(19)24-21/h1-13,15,21,24H,14,16H2. The molecule has 1 N–H and O–H groups in total. The number of benzene rings is 3. The van der Waals surface area contributed by atoms with Crippen LogP contribution in [0.1, 0.15) is 22.9 Å². The lowest BCUT2D eigenvalue weighted by molar-refractivity contribution is 0.695. The van der Waals surface area contributed by atoms with Crippen molar-refractivity contribution in [1.82, 2.24) is 4.57 Å². The lowest BCUT2D eigenvalue weighted by Crippen LogP contribution is -2.15. The molecule has 1 aliphatic rings. The van der Waals surface area contributed by atoms with Crippen LogP contribution in [0.4, 0.5) is 5.69 Å². The highest BCUT2D eigenvalue weighted by Gasteiger charge is 2.23. The highest BCUT2D eigenvalue weighted by molar-refractivity contribution is 5.82. The van der Waals surface area contributed by atoms with Crippen LogP contribution in [0.2, 0.25) is 0 Å². The zero-order chi connectivity index (χ0) is 16.6. The van der Waals surface area contributed by atoms with Crippen LogP contribution >= 0.6 is 0 Å². The predicted octanol–water partition coefficient (Wildman–Crippen LogP) is 5.40. The van der Waals surface area contributed by atoms with Crippen molar-refractivity contribution >= 4 is 16.6 Å². The molecule has 2 heterocycles. The number of para-hydroxylation sites is 2. The first kappa shape index (κ1) is 14.4. The molecule has 0 saturated heterocycles. The van der Waals surface area contributed by atoms with Crippen molar-refractivity contribution in [2.24, 2.45) is 0 Å². The third-order valence-corrected chi connectivity index (χ3v) is 5.16. The molecular weight excluding hydrogens is 304 g/mol. The van der Waals surface area contributed by atoms with E-state index < -0.39 is 0 Å². The summed E-state index contributed by atoms with van der Waals surface area (Å²) in [5.74, 6) is 0. The third kappa shape index (κ3) is 2.51. The van der Waals surface area contributed by atoms with E-state index in [0.717, 1.165) is 13.0 Å². The van der Waals surface area contributed by atoms with Gasteiger partial charge in [0.25, 0.3) is 0 Å². The van der Waals surface area contributed by atoms with Gasteiger partial charge in [-0.05, 0) is 41.1 Å². The van der Waals surface area contributed by atoms with E-state index in [4.69, 9.17) is 0 Å². The Kier molecular flexibility index (Phi) is 3.34. The van der Waals surface area contributed by atoms with Gasteiger partial charge in [0, 0.05) is 23.4 Å². The van der Waals surface area contributed by atoms with Crippen LogP contribution in [0.5, 0.6) is 0 Å². The SMILES string of the molecule is c1ccc(CC2Nc3ccccc3Cn3c2cc2ccccc23)cc1. The molecule has 0 spiro atoms. The Morgan fingerprint density at radius 1 is 0.840 bits per heavy atom. The summed E-state index contributed by atoms with van der Waals surface area (Å²) < 4.78 is 2.47. The van der Waals surface area contributed by atoms with Gasteiger partial charge in [-0.1, -0.05) is 66.7 Å². The maximum atomic E-state index is 3.80. The minimum atomic E-state index is 0.262. The lowest BCUT2D eigenvalue weighted by Gasteiger charge is -2.19. The van der Waals surface area contributed by atoms with Gasteiger partial charge < -0.3 is 9.88 Å². The van der Waals surface area contributed by atoms with E-state index in [9.17, 15) is 0 Å². The van der Waals surface area contributed by atoms with Crippen molar-refractivity contribution in [1.29, 1.82) is 0 Å². The van der Waals surface area contributed by atoms with E-state index in [2.05, 4.69) is 94.8 Å². The van der Waals surface area contributed by atoms with E-state index >= 15 is 0 Å². The largest absolute Gasteiger partial charge is 0.376 e. The van der Waals surface area contributed by atoms with Crippen molar-refractivity contribution < 1.29 is 0 Å². The Morgan fingerprint density at radius 3 is 2.52 bits per heavy atom. The number of fused-ring (bicyclic) bond motifs is 4. The molecular formula is C23H20N2. The molecule has 0 fully saturated rings. The topological polar surface area (TPSA) is 17.0 Å². The van der Waals surface area contributed by atoms with E-state index in [1.54, 1.807) is 0 Å². The molecule has 4 aromatic rings. The fraction of sp³-hybridized carbons (Fsp3) is 0.130. The molecule has 1 atom stereocenters. The molecule has 3 aromatic carbocycles. The first-order valence-electron chi connectivity index (χ1n) is 8.85. The zero-order valence-electron chi connectivity index (χ0n) is 14.0. The van der Waals surface area contributed by atoms with Gasteiger partial charge >= 0.3 is 0 Å². The highest BCUT2D eigenvalue weighted by atomic mass is 15.1. The Balaban J connectivity index is 1.67. The molecule has 0 bridgehead atoms. The molecule has 2 nitrogen and oxygen atoms in total. The second-order valence-electron chi connectivity index (χ2n) is 6.76. The summed E-state index contributed by atoms with van der Waals surface area (Å²) in [7, 11) is 0. The second-order valence-corrected chi connectivity index (χ2v) is 6.76. The molecule has 25 heavy (non-hydrogen) atoms. The van der Waals surface area contributed by atoms with Crippen molar-refractivity contribution in [2.75, 3.05) is 5.32 Å². The summed E-state index contributed by atoms with van der Waals surface area (Å²) in [6.45, 7) is 0.914. The van der Waals surface area contributed by atoms with Gasteiger partial charge in [-0.2, -0.15) is 0 Å². The van der Waals surface area contributed by atoms with Crippen molar-refractivity contribution in [3.8, 4) is 0 Å². The van der Waals surface area contributed by atoms with Crippen LogP contribution in [0.25, 0.3) is 10.9 Å². The summed E-state index contributed by atoms with van der Waals surface area (Å²) >= 11 is 0. The number of nitrogens with one attached hydrogen (secondary N) is 1. The van der Waals surface area contributed by atoms with Gasteiger partial charge in [-0.15, -0.1) is 0 Å².